The molecule has 1 amide bonds. The van der Waals surface area contributed by atoms with Crippen LogP contribution in [0, 0.1) is 23.2 Å². The van der Waals surface area contributed by atoms with Crippen LogP contribution in [0.25, 0.3) is 21.3 Å². The fourth-order valence-corrected chi connectivity index (χ4v) is 13.1. The van der Waals surface area contributed by atoms with Crippen LogP contribution in [0.3, 0.4) is 0 Å². The zero-order chi connectivity index (χ0) is 42.8. The fraction of sp³-hybridized carbons (Fsp3) is 0.521. The monoisotopic (exact) mass is 845 g/mol. The molecule has 13 heteroatoms. The number of nitrogens with two attached hydrogens (primary N) is 1. The van der Waals surface area contributed by atoms with E-state index in [-0.39, 0.29) is 33.4 Å². The molecule has 3 aromatic heterocycles. The molecule has 1 aliphatic heterocycles. The van der Waals surface area contributed by atoms with Gasteiger partial charge in [0, 0.05) is 48.6 Å². The summed E-state index contributed by atoms with van der Waals surface area (Å²) in [6.45, 7) is 16.8. The molecule has 0 radical (unpaired) electrons. The van der Waals surface area contributed by atoms with Crippen molar-refractivity contribution in [3.63, 3.8) is 0 Å². The van der Waals surface area contributed by atoms with Gasteiger partial charge in [0.25, 0.3) is 5.91 Å². The minimum atomic E-state index is -0.722. The number of fused-ring (bicyclic) bond motifs is 2. The third-order valence-electron chi connectivity index (χ3n) is 13.3. The van der Waals surface area contributed by atoms with Gasteiger partial charge in [-0.25, -0.2) is 14.8 Å². The number of thiazole rings is 1. The topological polar surface area (TPSA) is 147 Å². The summed E-state index contributed by atoms with van der Waals surface area (Å²) in [6.07, 6.45) is 9.28. The number of nitrogens with zero attached hydrogens (tertiary/aromatic N) is 5. The second-order valence-electron chi connectivity index (χ2n) is 20.0. The van der Waals surface area contributed by atoms with Crippen LogP contribution in [0.4, 0.5) is 10.9 Å². The average molecular weight is 846 g/mol. The SMILES string of the molecule is Cc1c(-c2ccc(N3CCc4cccc(C(=O)Nc5nc6ccccc6s5)c4C3)nc2C(=O)OC(C)(C)C)cnn1CC12CC3(C)CC(C)(C1)CC(OCCOCCN)(C3)C2. The number of amides is 1. The molecule has 12 nitrogen and oxygen atoms in total. The molecule has 4 fully saturated rings. The van der Waals surface area contributed by atoms with Crippen molar-refractivity contribution in [2.45, 2.75) is 111 Å². The molecule has 2 unspecified atom stereocenters. The second kappa shape index (κ2) is 15.6. The van der Waals surface area contributed by atoms with Crippen molar-refractivity contribution in [2.75, 3.05) is 43.1 Å². The highest BCUT2D eigenvalue weighted by Crippen LogP contribution is 2.72. The van der Waals surface area contributed by atoms with Crippen molar-refractivity contribution < 1.29 is 23.8 Å². The molecule has 5 aromatic rings. The highest BCUT2D eigenvalue weighted by Gasteiger charge is 2.66. The summed E-state index contributed by atoms with van der Waals surface area (Å²) in [7, 11) is 0. The Bertz CT molecular complexity index is 2440. The van der Waals surface area contributed by atoms with Crippen LogP contribution in [0.1, 0.15) is 111 Å². The lowest BCUT2D eigenvalue weighted by Crippen LogP contribution is -2.64. The van der Waals surface area contributed by atoms with E-state index in [1.54, 1.807) is 0 Å². The number of benzene rings is 2. The number of carbonyl (C=O) groups is 2. The van der Waals surface area contributed by atoms with Crippen LogP contribution < -0.4 is 16.0 Å². The maximum absolute atomic E-state index is 14.1. The van der Waals surface area contributed by atoms with Crippen LogP contribution in [-0.2, 0) is 33.7 Å². The van der Waals surface area contributed by atoms with Gasteiger partial charge in [-0.2, -0.15) is 5.10 Å². The quantitative estimate of drug-likeness (QED) is 0.0872. The number of hydrogen-bond donors (Lipinski definition) is 2. The second-order valence-corrected chi connectivity index (χ2v) is 21.1. The van der Waals surface area contributed by atoms with E-state index in [0.29, 0.717) is 61.5 Å². The molecule has 5 aliphatic rings. The highest BCUT2D eigenvalue weighted by molar-refractivity contribution is 7.22. The van der Waals surface area contributed by atoms with E-state index in [0.717, 1.165) is 77.7 Å². The maximum Gasteiger partial charge on any atom is 0.358 e. The van der Waals surface area contributed by atoms with Crippen LogP contribution in [0.2, 0.25) is 0 Å². The summed E-state index contributed by atoms with van der Waals surface area (Å²) in [5, 5.41) is 8.63. The summed E-state index contributed by atoms with van der Waals surface area (Å²) >= 11 is 1.46. The number of hydrogen-bond acceptors (Lipinski definition) is 11. The molecule has 2 atom stereocenters. The molecule has 4 bridgehead atoms. The number of aromatic nitrogens is 4. The van der Waals surface area contributed by atoms with E-state index in [1.807, 2.05) is 75.5 Å². The molecule has 4 heterocycles. The molecule has 0 saturated heterocycles. The van der Waals surface area contributed by atoms with Crippen molar-refractivity contribution in [1.29, 1.82) is 0 Å². The van der Waals surface area contributed by atoms with E-state index >= 15 is 0 Å². The number of esters is 1. The molecule has 0 spiro atoms. The normalized spacial score (nSPS) is 25.5. The fourth-order valence-electron chi connectivity index (χ4n) is 12.2. The van der Waals surface area contributed by atoms with Crippen molar-refractivity contribution in [3.05, 3.63) is 88.9 Å². The predicted molar refractivity (Wildman–Crippen MR) is 239 cm³/mol. The average Bonchev–Trinajstić information content (AvgIpc) is 3.76. The van der Waals surface area contributed by atoms with Gasteiger partial charge in [-0.1, -0.05) is 49.4 Å². The smallest absolute Gasteiger partial charge is 0.358 e. The molecule has 3 N–H and O–H groups in total. The Kier molecular flexibility index (Phi) is 10.6. The van der Waals surface area contributed by atoms with Crippen molar-refractivity contribution in [3.8, 4) is 11.1 Å². The summed E-state index contributed by atoms with van der Waals surface area (Å²) in [5.74, 6) is -0.0351. The number of pyridine rings is 1. The molecule has 10 rings (SSSR count). The summed E-state index contributed by atoms with van der Waals surface area (Å²) in [5.41, 5.74) is 11.5. The largest absolute Gasteiger partial charge is 0.455 e. The van der Waals surface area contributed by atoms with Crippen LogP contribution in [0.15, 0.2) is 60.8 Å². The lowest BCUT2D eigenvalue weighted by Gasteiger charge is -2.69. The molecule has 2 aromatic carbocycles. The minimum Gasteiger partial charge on any atom is -0.455 e. The van der Waals surface area contributed by atoms with Crippen LogP contribution in [0.5, 0.6) is 0 Å². The lowest BCUT2D eigenvalue weighted by atomic mass is 9.39. The summed E-state index contributed by atoms with van der Waals surface area (Å²) in [6, 6.07) is 17.7. The summed E-state index contributed by atoms with van der Waals surface area (Å²) < 4.78 is 21.7. The molecule has 4 saturated carbocycles. The van der Waals surface area contributed by atoms with Crippen molar-refractivity contribution in [1.82, 2.24) is 19.7 Å². The van der Waals surface area contributed by atoms with Crippen LogP contribution >= 0.6 is 11.3 Å². The van der Waals surface area contributed by atoms with Gasteiger partial charge in [-0.3, -0.25) is 14.8 Å². The van der Waals surface area contributed by atoms with E-state index in [1.165, 1.54) is 17.8 Å². The highest BCUT2D eigenvalue weighted by atomic mass is 32.1. The van der Waals surface area contributed by atoms with Gasteiger partial charge in [0.15, 0.2) is 10.8 Å². The van der Waals surface area contributed by atoms with Gasteiger partial charge in [-0.05, 0) is 130 Å². The van der Waals surface area contributed by atoms with Gasteiger partial charge >= 0.3 is 5.97 Å². The van der Waals surface area contributed by atoms with E-state index in [9.17, 15) is 9.59 Å². The Balaban J connectivity index is 0.987. The van der Waals surface area contributed by atoms with Gasteiger partial charge in [0.1, 0.15) is 11.4 Å². The number of para-hydroxylation sites is 1. The van der Waals surface area contributed by atoms with Gasteiger partial charge in [-0.15, -0.1) is 0 Å². The molecular formula is C48H59N7O5S. The molecule has 61 heavy (non-hydrogen) atoms. The first-order chi connectivity index (χ1) is 29.1. The van der Waals surface area contributed by atoms with Crippen molar-refractivity contribution in [2.24, 2.45) is 22.0 Å². The first-order valence-electron chi connectivity index (χ1n) is 21.8. The van der Waals surface area contributed by atoms with Gasteiger partial charge in [0.2, 0.25) is 0 Å². The van der Waals surface area contributed by atoms with Crippen LogP contribution in [-0.4, -0.2) is 75.7 Å². The van der Waals surface area contributed by atoms with E-state index in [4.69, 9.17) is 30.0 Å². The number of nitrogens with one attached hydrogen (secondary N) is 1. The predicted octanol–water partition coefficient (Wildman–Crippen LogP) is 8.74. The Labute approximate surface area is 362 Å². The zero-order valence-electron chi connectivity index (χ0n) is 36.4. The number of carbonyl (C=O) groups excluding carboxylic acids is 2. The Morgan fingerprint density at radius 3 is 2.44 bits per heavy atom. The first-order valence-corrected chi connectivity index (χ1v) is 22.6. The summed E-state index contributed by atoms with van der Waals surface area (Å²) in [4.78, 5) is 39.7. The molecular weight excluding hydrogens is 787 g/mol. The third kappa shape index (κ3) is 8.34. The third-order valence-corrected chi connectivity index (χ3v) is 14.2. The van der Waals surface area contributed by atoms with Gasteiger partial charge in [0.05, 0.1) is 41.8 Å². The Hall–Kier alpha value is -4.69. The van der Waals surface area contributed by atoms with Crippen molar-refractivity contribution >= 4 is 44.4 Å². The standard InChI is InChI=1S/C48H59N7O5S/c1-31-35(22-50-55(31)30-47-25-45(5)24-46(6,26-47)28-48(27-45,29-47)59-21-20-58-19-17-49)33-14-15-39(52-40(33)42(57)60-44(2,3)4)54-18-16-32-10-9-11-34(36(32)23-54)41(56)53-43-51-37-12-7-8-13-38(37)61-43/h7-15,22H,16-21,23-30,49H2,1-6H3,(H,51,53,56). The first kappa shape index (κ1) is 41.7. The molecule has 4 aliphatic carbocycles. The van der Waals surface area contributed by atoms with Gasteiger partial charge < -0.3 is 24.8 Å². The van der Waals surface area contributed by atoms with E-state index in [2.05, 4.69) is 46.7 Å². The number of rotatable bonds is 13. The lowest BCUT2D eigenvalue weighted by molar-refractivity contribution is -0.250. The zero-order valence-corrected chi connectivity index (χ0v) is 37.3. The maximum atomic E-state index is 14.1. The minimum absolute atomic E-state index is 0.0369. The molecule has 322 valence electrons. The Morgan fingerprint density at radius 1 is 0.902 bits per heavy atom. The van der Waals surface area contributed by atoms with E-state index < -0.39 is 11.6 Å². The Morgan fingerprint density at radius 2 is 1.69 bits per heavy atom. The number of ether oxygens (including phenoxy) is 3. The number of anilines is 2.